The van der Waals surface area contributed by atoms with Crippen molar-refractivity contribution in [2.24, 2.45) is 0 Å². The third-order valence-electron chi connectivity index (χ3n) is 6.66. The maximum absolute atomic E-state index is 6.57. The molecule has 0 bridgehead atoms. The molecule has 0 saturated carbocycles. The van der Waals surface area contributed by atoms with E-state index in [0.29, 0.717) is 23.0 Å². The molecule has 0 spiro atoms. The predicted octanol–water partition coefficient (Wildman–Crippen LogP) is 8.55. The summed E-state index contributed by atoms with van der Waals surface area (Å²) >= 11 is 1.64. The molecule has 0 amide bonds. The van der Waals surface area contributed by atoms with Gasteiger partial charge in [-0.15, -0.1) is 42.0 Å². The van der Waals surface area contributed by atoms with Gasteiger partial charge in [-0.05, 0) is 18.4 Å². The summed E-state index contributed by atoms with van der Waals surface area (Å²) in [6, 6.07) is 50.3. The molecule has 2 aromatic heterocycles. The molecule has 9 heteroatoms. The molecule has 6 nitrogen and oxygen atoms in total. The van der Waals surface area contributed by atoms with Gasteiger partial charge in [0.15, 0.2) is 7.05 Å². The number of aromatic nitrogens is 2. The van der Waals surface area contributed by atoms with Gasteiger partial charge in [0, 0.05) is 35.4 Å². The summed E-state index contributed by atoms with van der Waals surface area (Å²) in [5, 5.41) is 0. The Balaban J connectivity index is 0.000000537. The van der Waals surface area contributed by atoms with Gasteiger partial charge in [-0.25, -0.2) is 18.2 Å². The minimum atomic E-state index is 0. The van der Waals surface area contributed by atoms with Crippen LogP contribution < -0.4 is 9.47 Å². The Morgan fingerprint density at radius 3 is 2.22 bits per heavy atom. The van der Waals surface area contributed by atoms with Crippen LogP contribution in [0.2, 0.25) is 0 Å². The molecule has 0 fully saturated rings. The molecule has 0 N–H and O–H groups in total. The number of nitrogens with zero attached hydrogens (tertiary/aromatic N) is 4. The fraction of sp³-hybridized carbons (Fsp3) is 0.0500. The van der Waals surface area contributed by atoms with E-state index in [0.717, 1.165) is 33.0 Å². The third-order valence-corrected chi connectivity index (χ3v) is 7.37. The van der Waals surface area contributed by atoms with Crippen molar-refractivity contribution >= 4 is 23.5 Å². The molecular formula is C40H26N4O2Pt2S+2. The summed E-state index contributed by atoms with van der Waals surface area (Å²) in [5.74, 6) is 2.40. The second-order valence-electron chi connectivity index (χ2n) is 9.98. The SMILES string of the molecule is CSc1cc(Oc2[c-]cccc2)[c-]c(-c2[c-]cnc(-c3[c-]c(Oc4[c-]c([N+]5=C=[N+](C)C=C5)ccc4)ccc3)c2)c1.[C-]#Cn1cccc1.[Pt+2].[Pt+4]. The smallest absolute Gasteiger partial charge is 0.669 e. The van der Waals surface area contributed by atoms with Crippen LogP contribution in [0, 0.1) is 42.8 Å². The standard InChI is InChI=1S/C34H22N3O2S.C6H4N.2Pt/c1-36-16-17-37(24-36)28-9-7-13-31(22-28)39-30-12-6-8-26(18-30)34-21-25(14-15-35-34)27-19-32(23-33(20-27)40-2)38-29-10-4-3-5-11-29;1-2-7-5-3-4-6-7;;/h3-10,12-13,15-17,20-21,23H,1-2H3;3-6H;;/q-3;-1;+2;+4. The summed E-state index contributed by atoms with van der Waals surface area (Å²) < 4.78 is 17.4. The van der Waals surface area contributed by atoms with E-state index < -0.39 is 0 Å². The summed E-state index contributed by atoms with van der Waals surface area (Å²) in [6.45, 7) is 0. The van der Waals surface area contributed by atoms with Gasteiger partial charge in [-0.3, -0.25) is 11.1 Å². The number of benzene rings is 4. The van der Waals surface area contributed by atoms with Gasteiger partial charge < -0.3 is 25.4 Å². The van der Waals surface area contributed by atoms with Gasteiger partial charge in [0.05, 0.1) is 0 Å². The fourth-order valence-electron chi connectivity index (χ4n) is 4.44. The molecule has 0 unspecified atom stereocenters. The van der Waals surface area contributed by atoms with Crippen molar-refractivity contribution in [3.63, 3.8) is 0 Å². The molecular weight excluding hydrogens is 991 g/mol. The van der Waals surface area contributed by atoms with Crippen LogP contribution in [0.4, 0.5) is 5.69 Å². The first-order valence-corrected chi connectivity index (χ1v) is 15.7. The number of rotatable bonds is 8. The molecule has 0 aliphatic carbocycles. The fourth-order valence-corrected chi connectivity index (χ4v) is 4.90. The molecule has 7 rings (SSSR count). The van der Waals surface area contributed by atoms with Crippen molar-refractivity contribution in [2.75, 3.05) is 13.3 Å². The largest absolute Gasteiger partial charge is 4.00 e. The average Bonchev–Trinajstić information content (AvgIpc) is 3.81. The normalized spacial score (nSPS) is 11.0. The number of thioether (sulfide) groups is 1. The zero-order valence-corrected chi connectivity index (χ0v) is 31.6. The Hall–Kier alpha value is -4.68. The molecule has 1 aliphatic rings. The molecule has 4 aromatic carbocycles. The Labute approximate surface area is 320 Å². The Kier molecular flexibility index (Phi) is 13.8. The minimum absolute atomic E-state index is 0. The molecule has 6 aromatic rings. The monoisotopic (exact) mass is 1020 g/mol. The molecule has 1 aliphatic heterocycles. The topological polar surface area (TPSA) is 42.3 Å². The van der Waals surface area contributed by atoms with Crippen LogP contribution in [-0.4, -0.2) is 38.0 Å². The number of ether oxygens (including phenoxy) is 2. The van der Waals surface area contributed by atoms with Crippen LogP contribution in [0.1, 0.15) is 0 Å². The van der Waals surface area contributed by atoms with Crippen LogP contribution in [-0.2, 0) is 42.1 Å². The third kappa shape index (κ3) is 10.2. The first-order chi connectivity index (χ1) is 23.1. The number of hydrogen-bond donors (Lipinski definition) is 0. The minimum Gasteiger partial charge on any atom is -0.669 e. The van der Waals surface area contributed by atoms with Gasteiger partial charge in [0.25, 0.3) is 6.20 Å². The van der Waals surface area contributed by atoms with Crippen LogP contribution in [0.3, 0.4) is 0 Å². The summed E-state index contributed by atoms with van der Waals surface area (Å²) in [5.41, 5.74) is 4.07. The van der Waals surface area contributed by atoms with Crippen molar-refractivity contribution in [1.29, 1.82) is 0 Å². The number of para-hydroxylation sites is 1. The maximum atomic E-state index is 6.57. The van der Waals surface area contributed by atoms with E-state index in [2.05, 4.69) is 53.4 Å². The quantitative estimate of drug-likeness (QED) is 0.0665. The van der Waals surface area contributed by atoms with Gasteiger partial charge in [0.2, 0.25) is 6.20 Å². The van der Waals surface area contributed by atoms with Crippen LogP contribution in [0.15, 0.2) is 127 Å². The van der Waals surface area contributed by atoms with Crippen LogP contribution in [0.5, 0.6) is 23.0 Å². The van der Waals surface area contributed by atoms with E-state index in [1.54, 1.807) is 34.9 Å². The van der Waals surface area contributed by atoms with Crippen molar-refractivity contribution < 1.29 is 60.8 Å². The predicted molar refractivity (Wildman–Crippen MR) is 181 cm³/mol. The van der Waals surface area contributed by atoms with Crippen LogP contribution in [0.25, 0.3) is 22.4 Å². The van der Waals surface area contributed by atoms with Crippen LogP contribution >= 0.6 is 11.8 Å². The van der Waals surface area contributed by atoms with E-state index in [-0.39, 0.29) is 42.1 Å². The van der Waals surface area contributed by atoms with Crippen molar-refractivity contribution in [2.45, 2.75) is 4.90 Å². The molecule has 0 radical (unpaired) electrons. The molecule has 49 heavy (non-hydrogen) atoms. The summed E-state index contributed by atoms with van der Waals surface area (Å²) in [6.07, 6.45) is 17.6. The Morgan fingerprint density at radius 2 is 1.53 bits per heavy atom. The number of pyridine rings is 1. The van der Waals surface area contributed by atoms with Gasteiger partial charge in [-0.2, -0.15) is 48.2 Å². The molecule has 0 atom stereocenters. The van der Waals surface area contributed by atoms with E-state index in [1.807, 2.05) is 120 Å². The van der Waals surface area contributed by atoms with Crippen molar-refractivity contribution in [3.8, 4) is 51.4 Å². The van der Waals surface area contributed by atoms with Gasteiger partial charge >= 0.3 is 48.1 Å². The Morgan fingerprint density at radius 1 is 0.796 bits per heavy atom. The van der Waals surface area contributed by atoms with Crippen molar-refractivity contribution in [3.05, 3.63) is 159 Å². The summed E-state index contributed by atoms with van der Waals surface area (Å²) in [4.78, 5) is 5.61. The average molecular weight is 1020 g/mol. The van der Waals surface area contributed by atoms with Gasteiger partial charge in [0.1, 0.15) is 5.69 Å². The zero-order valence-electron chi connectivity index (χ0n) is 26.2. The van der Waals surface area contributed by atoms with E-state index in [1.165, 1.54) is 0 Å². The zero-order chi connectivity index (χ0) is 32.4. The molecule has 0 saturated heterocycles. The first kappa shape index (κ1) is 37.1. The second-order valence-corrected chi connectivity index (χ2v) is 10.9. The second kappa shape index (κ2) is 18.2. The van der Waals surface area contributed by atoms with Gasteiger partial charge in [-0.1, -0.05) is 50.2 Å². The molecule has 242 valence electrons. The molecule has 3 heterocycles. The first-order valence-electron chi connectivity index (χ1n) is 14.5. The van der Waals surface area contributed by atoms with E-state index in [9.17, 15) is 0 Å². The maximum Gasteiger partial charge on any atom is 4.00 e. The Bertz CT molecular complexity index is 2150. The number of hydrogen-bond acceptors (Lipinski definition) is 4. The van der Waals surface area contributed by atoms with E-state index in [4.69, 9.17) is 15.9 Å². The van der Waals surface area contributed by atoms with E-state index >= 15 is 0 Å². The van der Waals surface area contributed by atoms with Crippen molar-refractivity contribution in [1.82, 2.24) is 9.55 Å². The summed E-state index contributed by atoms with van der Waals surface area (Å²) in [7, 11) is 1.92.